The van der Waals surface area contributed by atoms with E-state index in [0.29, 0.717) is 6.42 Å². The van der Waals surface area contributed by atoms with Crippen molar-refractivity contribution in [1.82, 2.24) is 4.90 Å². The van der Waals surface area contributed by atoms with Gasteiger partial charge in [-0.3, -0.25) is 4.79 Å². The third-order valence-corrected chi connectivity index (χ3v) is 3.58. The van der Waals surface area contributed by atoms with Crippen LogP contribution in [0.1, 0.15) is 38.5 Å². The molecule has 0 aromatic rings. The number of hydrogen-bond acceptors (Lipinski definition) is 3. The Labute approximate surface area is 96.6 Å². The van der Waals surface area contributed by atoms with Gasteiger partial charge in [-0.1, -0.05) is 0 Å². The van der Waals surface area contributed by atoms with E-state index >= 15 is 0 Å². The molecule has 92 valence electrons. The molecule has 2 atom stereocenters. The zero-order valence-electron chi connectivity index (χ0n) is 9.73. The number of rotatable bonds is 3. The van der Waals surface area contributed by atoms with Crippen molar-refractivity contribution in [3.05, 3.63) is 0 Å². The Morgan fingerprint density at radius 1 is 1.31 bits per heavy atom. The van der Waals surface area contributed by atoms with E-state index < -0.39 is 0 Å². The number of hydrogen-bond donors (Lipinski definition) is 1. The van der Waals surface area contributed by atoms with E-state index in [1.165, 1.54) is 0 Å². The summed E-state index contributed by atoms with van der Waals surface area (Å²) in [5, 5.41) is 9.25. The largest absolute Gasteiger partial charge is 0.394 e. The molecule has 2 unspecified atom stereocenters. The standard InChI is InChI=1S/C12H21NO3/c14-9-10-4-1-2-6-13(10)12(15)8-11-5-3-7-16-11/h10-11,14H,1-9H2. The Balaban J connectivity index is 1.86. The maximum Gasteiger partial charge on any atom is 0.225 e. The first-order valence-electron chi connectivity index (χ1n) is 6.33. The van der Waals surface area contributed by atoms with Gasteiger partial charge in [-0.25, -0.2) is 0 Å². The van der Waals surface area contributed by atoms with Crippen LogP contribution in [0, 0.1) is 0 Å². The van der Waals surface area contributed by atoms with E-state index in [9.17, 15) is 9.90 Å². The number of aliphatic hydroxyl groups excluding tert-OH is 1. The Morgan fingerprint density at radius 2 is 2.19 bits per heavy atom. The molecule has 0 aliphatic carbocycles. The average molecular weight is 227 g/mol. The minimum Gasteiger partial charge on any atom is -0.394 e. The molecular formula is C12H21NO3. The second-order valence-corrected chi connectivity index (χ2v) is 4.76. The molecule has 1 amide bonds. The molecule has 2 aliphatic rings. The summed E-state index contributed by atoms with van der Waals surface area (Å²) in [6, 6.07) is 0.0441. The van der Waals surface area contributed by atoms with Crippen LogP contribution in [0.4, 0.5) is 0 Å². The van der Waals surface area contributed by atoms with Gasteiger partial charge in [0, 0.05) is 13.2 Å². The van der Waals surface area contributed by atoms with Gasteiger partial charge in [-0.15, -0.1) is 0 Å². The van der Waals surface area contributed by atoms with Crippen molar-refractivity contribution in [3.8, 4) is 0 Å². The predicted octanol–water partition coefficient (Wildman–Crippen LogP) is 0.929. The lowest BCUT2D eigenvalue weighted by Crippen LogP contribution is -2.46. The van der Waals surface area contributed by atoms with E-state index in [4.69, 9.17) is 4.74 Å². The van der Waals surface area contributed by atoms with Gasteiger partial charge < -0.3 is 14.7 Å². The van der Waals surface area contributed by atoms with Gasteiger partial charge in [0.2, 0.25) is 5.91 Å². The molecule has 16 heavy (non-hydrogen) atoms. The average Bonchev–Trinajstić information content (AvgIpc) is 2.81. The maximum absolute atomic E-state index is 12.1. The van der Waals surface area contributed by atoms with E-state index in [1.807, 2.05) is 4.90 Å². The van der Waals surface area contributed by atoms with E-state index in [2.05, 4.69) is 0 Å². The van der Waals surface area contributed by atoms with Gasteiger partial charge in [0.05, 0.1) is 25.2 Å². The second-order valence-electron chi connectivity index (χ2n) is 4.76. The third-order valence-electron chi connectivity index (χ3n) is 3.58. The summed E-state index contributed by atoms with van der Waals surface area (Å²) < 4.78 is 5.47. The molecule has 2 rings (SSSR count). The number of ether oxygens (including phenoxy) is 1. The van der Waals surface area contributed by atoms with Crippen molar-refractivity contribution in [2.24, 2.45) is 0 Å². The lowest BCUT2D eigenvalue weighted by Gasteiger charge is -2.35. The van der Waals surface area contributed by atoms with Gasteiger partial charge in [0.1, 0.15) is 0 Å². The van der Waals surface area contributed by atoms with Crippen molar-refractivity contribution in [3.63, 3.8) is 0 Å². The van der Waals surface area contributed by atoms with Crippen LogP contribution >= 0.6 is 0 Å². The van der Waals surface area contributed by atoms with Crippen molar-refractivity contribution in [1.29, 1.82) is 0 Å². The van der Waals surface area contributed by atoms with Crippen molar-refractivity contribution >= 4 is 5.91 Å². The molecule has 0 bridgehead atoms. The highest BCUT2D eigenvalue weighted by molar-refractivity contribution is 5.77. The summed E-state index contributed by atoms with van der Waals surface area (Å²) in [5.41, 5.74) is 0. The molecule has 0 aromatic heterocycles. The normalized spacial score (nSPS) is 30.7. The quantitative estimate of drug-likeness (QED) is 0.780. The van der Waals surface area contributed by atoms with Gasteiger partial charge in [-0.05, 0) is 32.1 Å². The lowest BCUT2D eigenvalue weighted by molar-refractivity contribution is -0.138. The molecule has 0 spiro atoms. The summed E-state index contributed by atoms with van der Waals surface area (Å²) >= 11 is 0. The number of carbonyl (C=O) groups excluding carboxylic acids is 1. The molecule has 4 heteroatoms. The minimum absolute atomic E-state index is 0.0441. The highest BCUT2D eigenvalue weighted by Gasteiger charge is 2.28. The van der Waals surface area contributed by atoms with Crippen LogP contribution in [0.3, 0.4) is 0 Å². The smallest absolute Gasteiger partial charge is 0.225 e. The monoisotopic (exact) mass is 227 g/mol. The number of piperidine rings is 1. The third kappa shape index (κ3) is 2.74. The number of likely N-dealkylation sites (tertiary alicyclic amines) is 1. The molecule has 0 saturated carbocycles. The topological polar surface area (TPSA) is 49.8 Å². The summed E-state index contributed by atoms with van der Waals surface area (Å²) in [6.45, 7) is 1.69. The Morgan fingerprint density at radius 3 is 2.88 bits per heavy atom. The molecule has 2 heterocycles. The molecular weight excluding hydrogens is 206 g/mol. The molecule has 0 aromatic carbocycles. The van der Waals surface area contributed by atoms with Gasteiger partial charge >= 0.3 is 0 Å². The molecule has 0 radical (unpaired) electrons. The van der Waals surface area contributed by atoms with Crippen LogP contribution in [0.15, 0.2) is 0 Å². The van der Waals surface area contributed by atoms with Crippen LogP contribution in [0.2, 0.25) is 0 Å². The summed E-state index contributed by atoms with van der Waals surface area (Å²) in [5.74, 6) is 0.158. The zero-order chi connectivity index (χ0) is 11.4. The fourth-order valence-corrected chi connectivity index (χ4v) is 2.64. The summed E-state index contributed by atoms with van der Waals surface area (Å²) in [4.78, 5) is 13.9. The number of nitrogens with zero attached hydrogens (tertiary/aromatic N) is 1. The molecule has 2 aliphatic heterocycles. The molecule has 2 saturated heterocycles. The zero-order valence-corrected chi connectivity index (χ0v) is 9.73. The Hall–Kier alpha value is -0.610. The van der Waals surface area contributed by atoms with Crippen molar-refractivity contribution in [2.45, 2.75) is 50.7 Å². The first kappa shape index (κ1) is 11.9. The van der Waals surface area contributed by atoms with Crippen LogP contribution in [0.25, 0.3) is 0 Å². The Kier molecular flexibility index (Phi) is 4.18. The molecule has 4 nitrogen and oxygen atoms in total. The van der Waals surface area contributed by atoms with Gasteiger partial charge in [0.25, 0.3) is 0 Å². The number of aliphatic hydroxyl groups is 1. The van der Waals surface area contributed by atoms with Gasteiger partial charge in [-0.2, -0.15) is 0 Å². The van der Waals surface area contributed by atoms with Crippen molar-refractivity contribution < 1.29 is 14.6 Å². The summed E-state index contributed by atoms with van der Waals surface area (Å²) in [7, 11) is 0. The van der Waals surface area contributed by atoms with Crippen LogP contribution in [0.5, 0.6) is 0 Å². The number of amides is 1. The van der Waals surface area contributed by atoms with E-state index in [-0.39, 0.29) is 24.7 Å². The van der Waals surface area contributed by atoms with Crippen molar-refractivity contribution in [2.75, 3.05) is 19.8 Å². The van der Waals surface area contributed by atoms with Gasteiger partial charge in [0.15, 0.2) is 0 Å². The van der Waals surface area contributed by atoms with E-state index in [1.54, 1.807) is 0 Å². The lowest BCUT2D eigenvalue weighted by atomic mass is 10.0. The highest BCUT2D eigenvalue weighted by Crippen LogP contribution is 2.21. The van der Waals surface area contributed by atoms with E-state index in [0.717, 1.165) is 45.3 Å². The molecule has 2 fully saturated rings. The maximum atomic E-state index is 12.1. The Bertz CT molecular complexity index is 238. The van der Waals surface area contributed by atoms with Crippen LogP contribution < -0.4 is 0 Å². The second kappa shape index (κ2) is 5.64. The molecule has 1 N–H and O–H groups in total. The summed E-state index contributed by atoms with van der Waals surface area (Å²) in [6.07, 6.45) is 5.81. The number of carbonyl (C=O) groups is 1. The predicted molar refractivity (Wildman–Crippen MR) is 60.0 cm³/mol. The fraction of sp³-hybridized carbons (Fsp3) is 0.917. The highest BCUT2D eigenvalue weighted by atomic mass is 16.5. The first-order valence-corrected chi connectivity index (χ1v) is 6.33. The fourth-order valence-electron chi connectivity index (χ4n) is 2.64. The van der Waals surface area contributed by atoms with Crippen LogP contribution in [-0.2, 0) is 9.53 Å². The first-order chi connectivity index (χ1) is 7.81. The SMILES string of the molecule is O=C(CC1CCCO1)N1CCCCC1CO. The van der Waals surface area contributed by atoms with Crippen LogP contribution in [-0.4, -0.2) is 47.8 Å². The minimum atomic E-state index is 0.0441.